The summed E-state index contributed by atoms with van der Waals surface area (Å²) in [6.45, 7) is 0. The maximum atomic E-state index is 2.43. The van der Waals surface area contributed by atoms with E-state index in [1.165, 1.54) is 93.5 Å². The van der Waals surface area contributed by atoms with Crippen molar-refractivity contribution in [2.24, 2.45) is 0 Å². The molecular formula is C62H42N2. The maximum Gasteiger partial charge on any atom is 0.0541 e. The van der Waals surface area contributed by atoms with Crippen molar-refractivity contribution in [3.63, 3.8) is 0 Å². The fraction of sp³-hybridized carbons (Fsp3) is 0. The molecule has 2 nitrogen and oxygen atoms in total. The van der Waals surface area contributed by atoms with Gasteiger partial charge in [-0.25, -0.2) is 0 Å². The van der Waals surface area contributed by atoms with E-state index in [1.807, 2.05) is 0 Å². The third-order valence-electron chi connectivity index (χ3n) is 12.8. The van der Waals surface area contributed by atoms with E-state index < -0.39 is 0 Å². The van der Waals surface area contributed by atoms with Crippen LogP contribution in [0.3, 0.4) is 0 Å². The van der Waals surface area contributed by atoms with Gasteiger partial charge in [0.15, 0.2) is 0 Å². The van der Waals surface area contributed by atoms with Crippen LogP contribution < -0.4 is 4.90 Å². The first-order valence-corrected chi connectivity index (χ1v) is 22.0. The van der Waals surface area contributed by atoms with E-state index in [2.05, 4.69) is 264 Å². The van der Waals surface area contributed by atoms with Crippen LogP contribution in [0.4, 0.5) is 17.1 Å². The van der Waals surface area contributed by atoms with Crippen LogP contribution in [0, 0.1) is 0 Å². The molecule has 64 heavy (non-hydrogen) atoms. The molecule has 0 unspecified atom stereocenters. The van der Waals surface area contributed by atoms with Crippen molar-refractivity contribution in [3.8, 4) is 50.2 Å². The van der Waals surface area contributed by atoms with Gasteiger partial charge in [-0.15, -0.1) is 0 Å². The SMILES string of the molecule is c1ccc(-c2cccc(N(c3ccc(-c4ccc(-c5ccccc5)c5ccccc45)cc3)c3ccc(-c4ccc(-n5c6ccccc6c6ccccc65)c5ccccc45)cc3)c2)cc1. The number of para-hydroxylation sites is 2. The van der Waals surface area contributed by atoms with E-state index in [1.54, 1.807) is 0 Å². The number of hydrogen-bond acceptors (Lipinski definition) is 1. The average Bonchev–Trinajstić information content (AvgIpc) is 3.71. The van der Waals surface area contributed by atoms with Crippen LogP contribution >= 0.6 is 0 Å². The number of rotatable bonds is 8. The summed E-state index contributed by atoms with van der Waals surface area (Å²) in [5, 5.41) is 7.47. The highest BCUT2D eigenvalue weighted by Crippen LogP contribution is 2.42. The molecule has 0 aliphatic heterocycles. The van der Waals surface area contributed by atoms with Crippen molar-refractivity contribution >= 4 is 60.4 Å². The third kappa shape index (κ3) is 6.44. The van der Waals surface area contributed by atoms with E-state index in [-0.39, 0.29) is 0 Å². The molecule has 0 atom stereocenters. The normalized spacial score (nSPS) is 11.4. The average molecular weight is 815 g/mol. The van der Waals surface area contributed by atoms with Crippen molar-refractivity contribution in [3.05, 3.63) is 255 Å². The van der Waals surface area contributed by atoms with Crippen LogP contribution in [0.25, 0.3) is 93.5 Å². The van der Waals surface area contributed by atoms with Gasteiger partial charge in [-0.1, -0.05) is 200 Å². The molecule has 300 valence electrons. The molecule has 0 saturated heterocycles. The maximum absolute atomic E-state index is 2.43. The topological polar surface area (TPSA) is 8.17 Å². The monoisotopic (exact) mass is 814 g/mol. The molecule has 0 amide bonds. The largest absolute Gasteiger partial charge is 0.310 e. The second-order valence-electron chi connectivity index (χ2n) is 16.5. The van der Waals surface area contributed by atoms with Crippen LogP contribution in [-0.4, -0.2) is 4.57 Å². The van der Waals surface area contributed by atoms with Crippen molar-refractivity contribution in [1.82, 2.24) is 4.57 Å². The van der Waals surface area contributed by atoms with Crippen molar-refractivity contribution in [1.29, 1.82) is 0 Å². The Kier molecular flexibility index (Phi) is 9.20. The standard InChI is InChI=1S/C62H42N2/c1-3-16-43(17-4-1)47-20-15-21-50(42-47)63(48-34-30-45(31-35-48)52-39-38-51(44-18-5-2-6-19-44)54-22-7-8-23-55(52)54)49-36-32-46(33-37-49)53-40-41-62(57-25-10-9-24-56(53)57)64-60-28-13-11-26-58(60)59-27-12-14-29-61(59)64/h1-42H. The van der Waals surface area contributed by atoms with E-state index in [9.17, 15) is 0 Å². The van der Waals surface area contributed by atoms with E-state index in [4.69, 9.17) is 0 Å². The van der Waals surface area contributed by atoms with Gasteiger partial charge in [-0.05, 0) is 115 Å². The molecule has 0 aliphatic rings. The summed E-state index contributed by atoms with van der Waals surface area (Å²) in [5.41, 5.74) is 16.5. The van der Waals surface area contributed by atoms with Crippen LogP contribution in [-0.2, 0) is 0 Å². The van der Waals surface area contributed by atoms with Gasteiger partial charge in [0.05, 0.1) is 16.7 Å². The van der Waals surface area contributed by atoms with E-state index >= 15 is 0 Å². The molecule has 1 aromatic heterocycles. The molecule has 2 heteroatoms. The molecule has 0 N–H and O–H groups in total. The van der Waals surface area contributed by atoms with Crippen LogP contribution in [0.1, 0.15) is 0 Å². The van der Waals surface area contributed by atoms with Gasteiger partial charge >= 0.3 is 0 Å². The van der Waals surface area contributed by atoms with Gasteiger partial charge in [0.25, 0.3) is 0 Å². The zero-order valence-corrected chi connectivity index (χ0v) is 35.1. The first-order valence-electron chi connectivity index (χ1n) is 22.0. The minimum absolute atomic E-state index is 1.09. The molecule has 0 radical (unpaired) electrons. The molecule has 12 rings (SSSR count). The fourth-order valence-electron chi connectivity index (χ4n) is 9.81. The molecule has 12 aromatic rings. The Morgan fingerprint density at radius 2 is 0.625 bits per heavy atom. The van der Waals surface area contributed by atoms with Crippen LogP contribution in [0.2, 0.25) is 0 Å². The lowest BCUT2D eigenvalue weighted by Gasteiger charge is -2.26. The molecule has 0 fully saturated rings. The molecule has 0 aliphatic carbocycles. The second kappa shape index (κ2) is 15.8. The number of aromatic nitrogens is 1. The van der Waals surface area contributed by atoms with Crippen molar-refractivity contribution in [2.45, 2.75) is 0 Å². The predicted octanol–water partition coefficient (Wildman–Crippen LogP) is 17.2. The Bertz CT molecular complexity index is 3590. The van der Waals surface area contributed by atoms with E-state index in [0.717, 1.165) is 17.1 Å². The Morgan fingerprint density at radius 3 is 1.16 bits per heavy atom. The lowest BCUT2D eigenvalue weighted by molar-refractivity contribution is 1.20. The number of nitrogens with zero attached hydrogens (tertiary/aromatic N) is 2. The first-order chi connectivity index (χ1) is 31.8. The molecule has 11 aromatic carbocycles. The fourth-order valence-corrected chi connectivity index (χ4v) is 9.81. The number of benzene rings is 11. The zero-order valence-electron chi connectivity index (χ0n) is 35.1. The quantitative estimate of drug-likeness (QED) is 0.148. The van der Waals surface area contributed by atoms with Crippen molar-refractivity contribution in [2.75, 3.05) is 4.90 Å². The Morgan fingerprint density at radius 1 is 0.234 bits per heavy atom. The number of anilines is 3. The predicted molar refractivity (Wildman–Crippen MR) is 272 cm³/mol. The minimum Gasteiger partial charge on any atom is -0.310 e. The van der Waals surface area contributed by atoms with Crippen LogP contribution in [0.5, 0.6) is 0 Å². The van der Waals surface area contributed by atoms with Gasteiger partial charge in [0.2, 0.25) is 0 Å². The minimum atomic E-state index is 1.09. The number of fused-ring (bicyclic) bond motifs is 5. The van der Waals surface area contributed by atoms with Gasteiger partial charge in [-0.3, -0.25) is 0 Å². The molecule has 1 heterocycles. The lowest BCUT2D eigenvalue weighted by Crippen LogP contribution is -2.10. The highest BCUT2D eigenvalue weighted by atomic mass is 15.1. The summed E-state index contributed by atoms with van der Waals surface area (Å²) >= 11 is 0. The van der Waals surface area contributed by atoms with Gasteiger partial charge < -0.3 is 9.47 Å². The molecule has 0 spiro atoms. The summed E-state index contributed by atoms with van der Waals surface area (Å²) < 4.78 is 2.43. The molecule has 0 bridgehead atoms. The highest BCUT2D eigenvalue weighted by Gasteiger charge is 2.18. The lowest BCUT2D eigenvalue weighted by atomic mass is 9.92. The summed E-state index contributed by atoms with van der Waals surface area (Å²) in [5.74, 6) is 0. The van der Waals surface area contributed by atoms with Gasteiger partial charge in [-0.2, -0.15) is 0 Å². The molecular weight excluding hydrogens is 773 g/mol. The highest BCUT2D eigenvalue weighted by molar-refractivity contribution is 6.12. The Hall–Kier alpha value is -8.46. The third-order valence-corrected chi connectivity index (χ3v) is 12.8. The Balaban J connectivity index is 0.949. The molecule has 0 saturated carbocycles. The van der Waals surface area contributed by atoms with Crippen LogP contribution in [0.15, 0.2) is 255 Å². The summed E-state index contributed by atoms with van der Waals surface area (Å²) in [4.78, 5) is 2.38. The number of hydrogen-bond donors (Lipinski definition) is 0. The summed E-state index contributed by atoms with van der Waals surface area (Å²) in [6, 6.07) is 92.5. The second-order valence-corrected chi connectivity index (χ2v) is 16.5. The van der Waals surface area contributed by atoms with E-state index in [0.29, 0.717) is 0 Å². The summed E-state index contributed by atoms with van der Waals surface area (Å²) in [7, 11) is 0. The van der Waals surface area contributed by atoms with Gasteiger partial charge in [0.1, 0.15) is 0 Å². The first kappa shape index (κ1) is 37.3. The smallest absolute Gasteiger partial charge is 0.0541 e. The zero-order chi connectivity index (χ0) is 42.4. The summed E-state index contributed by atoms with van der Waals surface area (Å²) in [6.07, 6.45) is 0. The van der Waals surface area contributed by atoms with Gasteiger partial charge in [0, 0.05) is 33.2 Å². The van der Waals surface area contributed by atoms with Crippen molar-refractivity contribution < 1.29 is 0 Å². The Labute approximate surface area is 373 Å².